The van der Waals surface area contributed by atoms with Crippen LogP contribution in [0.5, 0.6) is 0 Å². The number of hydrogen-bond acceptors (Lipinski definition) is 1. The Labute approximate surface area is 149 Å². The smallest absolute Gasteiger partial charge is 0.0654 e. The Balaban J connectivity index is 1.77. The van der Waals surface area contributed by atoms with Crippen LogP contribution in [0, 0.1) is 0 Å². The van der Waals surface area contributed by atoms with Gasteiger partial charge in [-0.2, -0.15) is 0 Å². The van der Waals surface area contributed by atoms with Crippen molar-refractivity contribution in [3.05, 3.63) is 71.8 Å². The summed E-state index contributed by atoms with van der Waals surface area (Å²) in [6.07, 6.45) is 0. The second-order valence-electron chi connectivity index (χ2n) is 7.54. The van der Waals surface area contributed by atoms with E-state index >= 15 is 0 Å². The zero-order chi connectivity index (χ0) is 16.8. The molecule has 0 bridgehead atoms. The minimum Gasteiger partial charge on any atom is -0.353 e. The summed E-state index contributed by atoms with van der Waals surface area (Å²) >= 11 is 1.90. The molecule has 0 atom stereocenters. The standard InChI is InChI=1S/C23H17NS/c1-23(2)17-9-5-3-7-13(17)15-12-19-16(11-18(15)23)22-21(24-19)14-8-4-6-10-20(14)25-22/h3-12,24H,1-2H3. The van der Waals surface area contributed by atoms with Crippen LogP contribution in [0.4, 0.5) is 0 Å². The van der Waals surface area contributed by atoms with E-state index in [4.69, 9.17) is 0 Å². The zero-order valence-electron chi connectivity index (χ0n) is 14.2. The van der Waals surface area contributed by atoms with Crippen LogP contribution in [-0.4, -0.2) is 4.98 Å². The fraction of sp³-hybridized carbons (Fsp3) is 0.130. The quantitative estimate of drug-likeness (QED) is 0.318. The maximum atomic E-state index is 3.70. The van der Waals surface area contributed by atoms with Crippen molar-refractivity contribution in [2.75, 3.05) is 0 Å². The molecule has 0 unspecified atom stereocenters. The maximum Gasteiger partial charge on any atom is 0.0654 e. The highest BCUT2D eigenvalue weighted by Crippen LogP contribution is 2.51. The monoisotopic (exact) mass is 339 g/mol. The molecule has 25 heavy (non-hydrogen) atoms. The third-order valence-corrected chi connectivity index (χ3v) is 7.03. The Morgan fingerprint density at radius 2 is 1.60 bits per heavy atom. The number of fused-ring (bicyclic) bond motifs is 8. The SMILES string of the molecule is CC1(C)c2ccccc2-c2cc3[nH]c4c5ccccc5sc4c3cc21. The number of aromatic amines is 1. The number of hydrogen-bond donors (Lipinski definition) is 1. The average Bonchev–Trinajstić information content (AvgIpc) is 3.22. The van der Waals surface area contributed by atoms with E-state index < -0.39 is 0 Å². The third-order valence-electron chi connectivity index (χ3n) is 5.82. The van der Waals surface area contributed by atoms with E-state index in [1.165, 1.54) is 53.5 Å². The van der Waals surface area contributed by atoms with Gasteiger partial charge in [0.25, 0.3) is 0 Å². The van der Waals surface area contributed by atoms with Gasteiger partial charge < -0.3 is 4.98 Å². The predicted octanol–water partition coefficient (Wildman–Crippen LogP) is 6.84. The molecule has 0 spiro atoms. The first-order chi connectivity index (χ1) is 12.1. The van der Waals surface area contributed by atoms with Crippen LogP contribution in [0.15, 0.2) is 60.7 Å². The van der Waals surface area contributed by atoms with Crippen LogP contribution in [-0.2, 0) is 5.41 Å². The Hall–Kier alpha value is -2.58. The summed E-state index contributed by atoms with van der Waals surface area (Å²) in [5, 5.41) is 2.69. The summed E-state index contributed by atoms with van der Waals surface area (Å²) in [4.78, 5) is 3.70. The van der Waals surface area contributed by atoms with E-state index in [1.54, 1.807) is 0 Å². The number of benzene rings is 3. The second kappa shape index (κ2) is 4.33. The van der Waals surface area contributed by atoms with Crippen LogP contribution in [0.2, 0.25) is 0 Å². The van der Waals surface area contributed by atoms with Crippen LogP contribution < -0.4 is 0 Å². The van der Waals surface area contributed by atoms with Crippen molar-refractivity contribution in [1.29, 1.82) is 0 Å². The maximum absolute atomic E-state index is 3.70. The minimum atomic E-state index is 0.0559. The van der Waals surface area contributed by atoms with Crippen LogP contribution in [0.1, 0.15) is 25.0 Å². The lowest BCUT2D eigenvalue weighted by molar-refractivity contribution is 0.661. The van der Waals surface area contributed by atoms with Crippen LogP contribution in [0.3, 0.4) is 0 Å². The fourth-order valence-electron chi connectivity index (χ4n) is 4.53. The third kappa shape index (κ3) is 1.58. The summed E-state index contributed by atoms with van der Waals surface area (Å²) in [7, 11) is 0. The van der Waals surface area contributed by atoms with Gasteiger partial charge in [-0.05, 0) is 40.5 Å². The molecule has 120 valence electrons. The fourth-order valence-corrected chi connectivity index (χ4v) is 5.72. The molecule has 0 aliphatic heterocycles. The van der Waals surface area contributed by atoms with E-state index in [1.807, 2.05) is 11.3 Å². The number of thiophene rings is 1. The molecular weight excluding hydrogens is 322 g/mol. The van der Waals surface area contributed by atoms with Gasteiger partial charge >= 0.3 is 0 Å². The first-order valence-electron chi connectivity index (χ1n) is 8.72. The van der Waals surface area contributed by atoms with Gasteiger partial charge in [0.05, 0.1) is 10.2 Å². The van der Waals surface area contributed by atoms with E-state index in [0.29, 0.717) is 0 Å². The number of aromatic nitrogens is 1. The first kappa shape index (κ1) is 13.7. The van der Waals surface area contributed by atoms with Crippen molar-refractivity contribution in [2.24, 2.45) is 0 Å². The molecular formula is C23H17NS. The van der Waals surface area contributed by atoms with Gasteiger partial charge in [-0.1, -0.05) is 56.3 Å². The van der Waals surface area contributed by atoms with Crippen LogP contribution >= 0.6 is 11.3 Å². The normalized spacial score (nSPS) is 15.1. The molecule has 0 saturated heterocycles. The van der Waals surface area contributed by atoms with Gasteiger partial charge in [-0.3, -0.25) is 0 Å². The molecule has 0 fully saturated rings. The molecule has 1 nitrogen and oxygen atoms in total. The lowest BCUT2D eigenvalue weighted by Gasteiger charge is -2.21. The van der Waals surface area contributed by atoms with Gasteiger partial charge in [-0.25, -0.2) is 0 Å². The zero-order valence-corrected chi connectivity index (χ0v) is 15.0. The van der Waals surface area contributed by atoms with Crippen molar-refractivity contribution in [3.63, 3.8) is 0 Å². The summed E-state index contributed by atoms with van der Waals surface area (Å²) in [5.41, 5.74) is 8.23. The molecule has 2 heterocycles. The molecule has 1 N–H and O–H groups in total. The summed E-state index contributed by atoms with van der Waals surface area (Å²) < 4.78 is 2.74. The Morgan fingerprint density at radius 3 is 2.52 bits per heavy atom. The lowest BCUT2D eigenvalue weighted by Crippen LogP contribution is -2.14. The highest BCUT2D eigenvalue weighted by atomic mass is 32.1. The molecule has 3 aromatic carbocycles. The molecule has 1 aliphatic carbocycles. The Morgan fingerprint density at radius 1 is 0.800 bits per heavy atom. The topological polar surface area (TPSA) is 15.8 Å². The van der Waals surface area contributed by atoms with Crippen LogP contribution in [0.25, 0.3) is 42.3 Å². The lowest BCUT2D eigenvalue weighted by atomic mass is 9.82. The minimum absolute atomic E-state index is 0.0559. The van der Waals surface area contributed by atoms with E-state index in [2.05, 4.69) is 79.5 Å². The van der Waals surface area contributed by atoms with Crippen molar-refractivity contribution < 1.29 is 0 Å². The van der Waals surface area contributed by atoms with Crippen molar-refractivity contribution in [2.45, 2.75) is 19.3 Å². The second-order valence-corrected chi connectivity index (χ2v) is 8.59. The summed E-state index contributed by atoms with van der Waals surface area (Å²) in [5.74, 6) is 0. The Kier molecular flexibility index (Phi) is 2.37. The van der Waals surface area contributed by atoms with Crippen molar-refractivity contribution in [3.8, 4) is 11.1 Å². The number of H-pyrrole nitrogens is 1. The van der Waals surface area contributed by atoms with Crippen molar-refractivity contribution in [1.82, 2.24) is 4.98 Å². The van der Waals surface area contributed by atoms with Crippen molar-refractivity contribution >= 4 is 42.5 Å². The predicted molar refractivity (Wildman–Crippen MR) is 109 cm³/mol. The van der Waals surface area contributed by atoms with E-state index in [-0.39, 0.29) is 5.41 Å². The Bertz CT molecular complexity index is 1320. The number of rotatable bonds is 0. The molecule has 1 aliphatic rings. The molecule has 5 aromatic rings. The first-order valence-corrected chi connectivity index (χ1v) is 9.53. The van der Waals surface area contributed by atoms with Gasteiger partial charge in [0, 0.05) is 26.4 Å². The largest absolute Gasteiger partial charge is 0.353 e. The van der Waals surface area contributed by atoms with Gasteiger partial charge in [0.2, 0.25) is 0 Å². The highest BCUT2D eigenvalue weighted by molar-refractivity contribution is 7.26. The molecule has 6 rings (SSSR count). The van der Waals surface area contributed by atoms with E-state index in [9.17, 15) is 0 Å². The molecule has 0 amide bonds. The molecule has 0 saturated carbocycles. The van der Waals surface area contributed by atoms with E-state index in [0.717, 1.165) is 0 Å². The van der Waals surface area contributed by atoms with Gasteiger partial charge in [0.1, 0.15) is 0 Å². The molecule has 0 radical (unpaired) electrons. The summed E-state index contributed by atoms with van der Waals surface area (Å²) in [6, 6.07) is 22.3. The summed E-state index contributed by atoms with van der Waals surface area (Å²) in [6.45, 7) is 4.69. The molecule has 2 heteroatoms. The van der Waals surface area contributed by atoms with Gasteiger partial charge in [0.15, 0.2) is 0 Å². The number of nitrogens with one attached hydrogen (secondary N) is 1. The molecule has 2 aromatic heterocycles. The average molecular weight is 339 g/mol. The highest BCUT2D eigenvalue weighted by Gasteiger charge is 2.35. The van der Waals surface area contributed by atoms with Gasteiger partial charge in [-0.15, -0.1) is 11.3 Å².